The molecule has 13 heavy (non-hydrogen) atoms. The quantitative estimate of drug-likeness (QED) is 0.673. The number of hydrogen-bond acceptors (Lipinski definition) is 0. The molecule has 1 heteroatoms. The topological polar surface area (TPSA) is 0 Å². The minimum atomic E-state index is 0. The summed E-state index contributed by atoms with van der Waals surface area (Å²) in [5.41, 5.74) is 0.966. The molecule has 0 bridgehead atoms. The summed E-state index contributed by atoms with van der Waals surface area (Å²) < 4.78 is 0. The summed E-state index contributed by atoms with van der Waals surface area (Å²) >= 11 is 0. The van der Waals surface area contributed by atoms with Crippen molar-refractivity contribution >= 4 is 16.8 Å². The van der Waals surface area contributed by atoms with Crippen LogP contribution in [0.3, 0.4) is 0 Å². The van der Waals surface area contributed by atoms with E-state index in [9.17, 15) is 0 Å². The second-order valence-corrected chi connectivity index (χ2v) is 2.65. The molecule has 61 valence electrons. The monoisotopic (exact) mass is 241 g/mol. The summed E-state index contributed by atoms with van der Waals surface area (Å²) in [5, 5.41) is 2.36. The Balaban J connectivity index is 0.000000845. The Kier molecular flexibility index (Phi) is 3.83. The first-order chi connectivity index (χ1) is 5.92. The van der Waals surface area contributed by atoms with Gasteiger partial charge in [0, 0.05) is 32.7 Å². The second-order valence-electron chi connectivity index (χ2n) is 2.65. The van der Waals surface area contributed by atoms with Crippen LogP contribution in [0.15, 0.2) is 36.4 Å². The van der Waals surface area contributed by atoms with Gasteiger partial charge >= 0.3 is 0 Å². The zero-order valence-electron chi connectivity index (χ0n) is 7.20. The van der Waals surface area contributed by atoms with Crippen LogP contribution < -0.4 is 0 Å². The largest absolute Gasteiger partial charge is 0.344 e. The third-order valence-corrected chi connectivity index (χ3v) is 1.92. The average molecular weight is 241 g/mol. The van der Waals surface area contributed by atoms with Gasteiger partial charge in [-0.25, -0.2) is 6.07 Å². The zero-order chi connectivity index (χ0) is 8.39. The van der Waals surface area contributed by atoms with Gasteiger partial charge in [-0.1, -0.05) is 18.2 Å². The third kappa shape index (κ3) is 2.07. The summed E-state index contributed by atoms with van der Waals surface area (Å²) in [4.78, 5) is 0. The number of hydrogen-bond donors (Lipinski definition) is 0. The van der Waals surface area contributed by atoms with E-state index < -0.39 is 0 Å². The maximum absolute atomic E-state index is 5.46. The normalized spacial score (nSPS) is 9.23. The molecule has 2 aromatic rings. The molecule has 0 aliphatic rings. The van der Waals surface area contributed by atoms with Crippen molar-refractivity contribution in [3.63, 3.8) is 0 Å². The van der Waals surface area contributed by atoms with E-state index in [1.54, 1.807) is 6.08 Å². The van der Waals surface area contributed by atoms with Crippen molar-refractivity contribution in [2.75, 3.05) is 0 Å². The summed E-state index contributed by atoms with van der Waals surface area (Å²) in [6.45, 7) is 5.46. The molecule has 0 saturated heterocycles. The second kappa shape index (κ2) is 4.69. The Hall–Kier alpha value is -0.456. The fourth-order valence-corrected chi connectivity index (χ4v) is 1.32. The Morgan fingerprint density at radius 2 is 1.92 bits per heavy atom. The standard InChI is InChI=1S/C12H8.Y/c1-2-10-7-5-8-11-6-3-4-9-12(10)11;/h1-6,8-9H;/q-2;. The minimum Gasteiger partial charge on any atom is -0.344 e. The van der Waals surface area contributed by atoms with Crippen LogP contribution in [0.1, 0.15) is 5.56 Å². The van der Waals surface area contributed by atoms with Crippen LogP contribution >= 0.6 is 0 Å². The summed E-state index contributed by atoms with van der Waals surface area (Å²) in [5.74, 6) is 0. The first-order valence-corrected chi connectivity index (χ1v) is 3.86. The fourth-order valence-electron chi connectivity index (χ4n) is 1.32. The van der Waals surface area contributed by atoms with Crippen LogP contribution in [0.5, 0.6) is 0 Å². The van der Waals surface area contributed by atoms with Gasteiger partial charge in [0.1, 0.15) is 0 Å². The van der Waals surface area contributed by atoms with E-state index in [2.05, 4.69) is 12.1 Å². The van der Waals surface area contributed by atoms with Crippen molar-refractivity contribution < 1.29 is 32.7 Å². The maximum Gasteiger partial charge on any atom is 0 e. The summed E-state index contributed by atoms with van der Waals surface area (Å²) in [6.07, 6.45) is 1.59. The van der Waals surface area contributed by atoms with Gasteiger partial charge in [-0.3, -0.25) is 5.56 Å². The van der Waals surface area contributed by atoms with E-state index in [0.29, 0.717) is 0 Å². The van der Waals surface area contributed by atoms with Gasteiger partial charge in [0.25, 0.3) is 0 Å². The molecular formula is C12H8Y-2. The molecule has 0 fully saturated rings. The van der Waals surface area contributed by atoms with Crippen molar-refractivity contribution in [2.45, 2.75) is 0 Å². The van der Waals surface area contributed by atoms with E-state index in [4.69, 9.17) is 6.58 Å². The maximum atomic E-state index is 5.46. The van der Waals surface area contributed by atoms with E-state index in [1.807, 2.05) is 30.3 Å². The summed E-state index contributed by atoms with van der Waals surface area (Å²) in [6, 6.07) is 15.1. The van der Waals surface area contributed by atoms with E-state index in [-0.39, 0.29) is 32.7 Å². The van der Waals surface area contributed by atoms with Crippen molar-refractivity contribution in [1.29, 1.82) is 0 Å². The van der Waals surface area contributed by atoms with Gasteiger partial charge in [-0.05, 0) is 0 Å². The molecule has 0 aromatic heterocycles. The number of benzene rings is 2. The van der Waals surface area contributed by atoms with Crippen molar-refractivity contribution in [3.05, 3.63) is 54.6 Å². The number of rotatable bonds is 1. The molecule has 0 aliphatic heterocycles. The van der Waals surface area contributed by atoms with Crippen LogP contribution in [0.2, 0.25) is 0 Å². The van der Waals surface area contributed by atoms with E-state index in [1.165, 1.54) is 5.39 Å². The Morgan fingerprint density at radius 1 is 1.15 bits per heavy atom. The average Bonchev–Trinajstić information content (AvgIpc) is 2.17. The first kappa shape index (κ1) is 10.6. The minimum absolute atomic E-state index is 0. The molecule has 2 rings (SSSR count). The van der Waals surface area contributed by atoms with E-state index in [0.717, 1.165) is 10.9 Å². The predicted octanol–water partition coefficient (Wildman–Crippen LogP) is 3.08. The van der Waals surface area contributed by atoms with Crippen LogP contribution in [0.4, 0.5) is 0 Å². The third-order valence-electron chi connectivity index (χ3n) is 1.92. The van der Waals surface area contributed by atoms with Crippen molar-refractivity contribution in [3.8, 4) is 0 Å². The van der Waals surface area contributed by atoms with Crippen molar-refractivity contribution in [1.82, 2.24) is 0 Å². The van der Waals surface area contributed by atoms with Gasteiger partial charge in [-0.2, -0.15) is 11.5 Å². The molecule has 0 nitrogen and oxygen atoms in total. The van der Waals surface area contributed by atoms with Crippen LogP contribution in [-0.4, -0.2) is 0 Å². The zero-order valence-corrected chi connectivity index (χ0v) is 10.0. The molecule has 0 N–H and O–H groups in total. The molecule has 0 saturated carbocycles. The molecular weight excluding hydrogens is 233 g/mol. The molecule has 2 aromatic carbocycles. The van der Waals surface area contributed by atoms with Crippen LogP contribution in [0, 0.1) is 12.6 Å². The molecule has 0 atom stereocenters. The SMILES string of the molecule is [CH-]=Cc1[c-]ccc2ccccc12.[Y]. The Morgan fingerprint density at radius 3 is 2.69 bits per heavy atom. The molecule has 1 radical (unpaired) electrons. The van der Waals surface area contributed by atoms with E-state index >= 15 is 0 Å². The first-order valence-electron chi connectivity index (χ1n) is 3.86. The molecule has 0 heterocycles. The van der Waals surface area contributed by atoms with Gasteiger partial charge in [0.05, 0.1) is 0 Å². The number of fused-ring (bicyclic) bond motifs is 1. The fraction of sp³-hybridized carbons (Fsp3) is 0. The molecule has 0 unspecified atom stereocenters. The summed E-state index contributed by atoms with van der Waals surface area (Å²) in [7, 11) is 0. The Labute approximate surface area is 104 Å². The van der Waals surface area contributed by atoms with Gasteiger partial charge in [0.15, 0.2) is 0 Å². The Bertz CT molecular complexity index is 413. The van der Waals surface area contributed by atoms with Crippen molar-refractivity contribution in [2.24, 2.45) is 0 Å². The predicted molar refractivity (Wildman–Crippen MR) is 51.5 cm³/mol. The van der Waals surface area contributed by atoms with Gasteiger partial charge < -0.3 is 12.7 Å². The molecule has 0 aliphatic carbocycles. The smallest absolute Gasteiger partial charge is 0 e. The molecule has 0 amide bonds. The van der Waals surface area contributed by atoms with Gasteiger partial charge in [-0.15, -0.1) is 17.5 Å². The molecule has 0 spiro atoms. The van der Waals surface area contributed by atoms with Crippen LogP contribution in [0.25, 0.3) is 16.8 Å². The van der Waals surface area contributed by atoms with Gasteiger partial charge in [0.2, 0.25) is 0 Å². The van der Waals surface area contributed by atoms with Crippen LogP contribution in [-0.2, 0) is 32.7 Å².